The smallest absolute Gasteiger partial charge is 0.221 e. The molecule has 2 atom stereocenters. The van der Waals surface area contributed by atoms with E-state index >= 15 is 0 Å². The fourth-order valence-corrected chi connectivity index (χ4v) is 3.71. The van der Waals surface area contributed by atoms with E-state index in [0.29, 0.717) is 12.5 Å². The van der Waals surface area contributed by atoms with E-state index in [9.17, 15) is 4.79 Å². The lowest BCUT2D eigenvalue weighted by molar-refractivity contribution is -0.122. The summed E-state index contributed by atoms with van der Waals surface area (Å²) in [6.07, 6.45) is 1.45. The molecule has 0 saturated carbocycles. The lowest BCUT2D eigenvalue weighted by Crippen LogP contribution is -2.46. The fourth-order valence-electron chi connectivity index (χ4n) is 2.76. The lowest BCUT2D eigenvalue weighted by Gasteiger charge is -2.26. The predicted octanol–water partition coefficient (Wildman–Crippen LogP) is 2.21. The van der Waals surface area contributed by atoms with Crippen LogP contribution < -0.4 is 10.6 Å². The van der Waals surface area contributed by atoms with Crippen LogP contribution >= 0.6 is 36.6 Å². The van der Waals surface area contributed by atoms with Crippen molar-refractivity contribution >= 4 is 42.5 Å². The number of hydrogen-bond acceptors (Lipinski definition) is 4. The van der Waals surface area contributed by atoms with Crippen molar-refractivity contribution in [3.63, 3.8) is 0 Å². The summed E-state index contributed by atoms with van der Waals surface area (Å²) in [5, 5.41) is 6.64. The molecule has 1 amide bonds. The zero-order valence-corrected chi connectivity index (χ0v) is 16.8. The largest absolute Gasteiger partial charge is 0.352 e. The molecule has 0 aromatic heterocycles. The molecule has 1 saturated heterocycles. The molecule has 7 heteroatoms. The van der Waals surface area contributed by atoms with Gasteiger partial charge in [0.15, 0.2) is 0 Å². The second-order valence-electron chi connectivity index (χ2n) is 6.15. The van der Waals surface area contributed by atoms with Crippen molar-refractivity contribution in [1.82, 2.24) is 15.5 Å². The summed E-state index contributed by atoms with van der Waals surface area (Å²) in [6, 6.07) is 10.8. The van der Waals surface area contributed by atoms with Gasteiger partial charge in [0.25, 0.3) is 0 Å². The number of carbonyl (C=O) groups is 1. The van der Waals surface area contributed by atoms with Gasteiger partial charge in [-0.1, -0.05) is 30.3 Å². The molecule has 0 bridgehead atoms. The third-order valence-corrected chi connectivity index (χ3v) is 4.84. The molecule has 1 aromatic carbocycles. The summed E-state index contributed by atoms with van der Waals surface area (Å²) in [5.74, 6) is 2.34. The minimum Gasteiger partial charge on any atom is -0.352 e. The number of nitrogens with zero attached hydrogens (tertiary/aromatic N) is 1. The first kappa shape index (κ1) is 23.5. The second kappa shape index (κ2) is 12.8. The Morgan fingerprint density at radius 1 is 1.33 bits per heavy atom. The first-order chi connectivity index (χ1) is 10.6. The van der Waals surface area contributed by atoms with Crippen LogP contribution in [-0.4, -0.2) is 61.6 Å². The summed E-state index contributed by atoms with van der Waals surface area (Å²) in [4.78, 5) is 14.4. The van der Waals surface area contributed by atoms with E-state index in [4.69, 9.17) is 0 Å². The molecule has 4 nitrogen and oxygen atoms in total. The second-order valence-corrected chi connectivity index (χ2v) is 7.30. The molecule has 2 rings (SSSR count). The van der Waals surface area contributed by atoms with Gasteiger partial charge in [-0.2, -0.15) is 11.8 Å². The van der Waals surface area contributed by atoms with Gasteiger partial charge in [-0.15, -0.1) is 24.8 Å². The van der Waals surface area contributed by atoms with E-state index in [1.807, 2.05) is 44.1 Å². The van der Waals surface area contributed by atoms with E-state index in [0.717, 1.165) is 31.0 Å². The molecule has 1 heterocycles. The first-order valence-electron chi connectivity index (χ1n) is 7.92. The van der Waals surface area contributed by atoms with Crippen LogP contribution in [0.3, 0.4) is 0 Å². The van der Waals surface area contributed by atoms with Gasteiger partial charge in [0, 0.05) is 43.1 Å². The summed E-state index contributed by atoms with van der Waals surface area (Å²) >= 11 is 1.93. The van der Waals surface area contributed by atoms with Crippen molar-refractivity contribution < 1.29 is 4.79 Å². The number of amides is 1. The molecule has 1 aliphatic heterocycles. The monoisotopic (exact) mass is 393 g/mol. The Bertz CT molecular complexity index is 456. The van der Waals surface area contributed by atoms with Crippen LogP contribution in [0.4, 0.5) is 0 Å². The number of nitrogens with one attached hydrogen (secondary N) is 2. The highest BCUT2D eigenvalue weighted by Crippen LogP contribution is 2.10. The quantitative estimate of drug-likeness (QED) is 0.745. The molecule has 1 aliphatic rings. The Kier molecular flexibility index (Phi) is 12.6. The number of hydrogen-bond donors (Lipinski definition) is 2. The SMILES string of the molecule is CN(C)CC(Cc1ccccc1)NC(=O)CC1CSCCN1.Cl.Cl. The van der Waals surface area contributed by atoms with E-state index in [2.05, 4.69) is 27.7 Å². The normalized spacial score (nSPS) is 18.2. The van der Waals surface area contributed by atoms with Crippen LogP contribution in [0.25, 0.3) is 0 Å². The van der Waals surface area contributed by atoms with E-state index in [1.165, 1.54) is 5.56 Å². The van der Waals surface area contributed by atoms with Crippen LogP contribution in [0, 0.1) is 0 Å². The molecule has 0 radical (unpaired) electrons. The minimum atomic E-state index is 0. The highest BCUT2D eigenvalue weighted by atomic mass is 35.5. The van der Waals surface area contributed by atoms with Crippen LogP contribution in [-0.2, 0) is 11.2 Å². The van der Waals surface area contributed by atoms with Crippen molar-refractivity contribution in [2.45, 2.75) is 24.9 Å². The third kappa shape index (κ3) is 9.14. The van der Waals surface area contributed by atoms with Gasteiger partial charge in [-0.3, -0.25) is 4.79 Å². The number of halogens is 2. The van der Waals surface area contributed by atoms with Crippen LogP contribution in [0.15, 0.2) is 30.3 Å². The first-order valence-corrected chi connectivity index (χ1v) is 9.08. The lowest BCUT2D eigenvalue weighted by atomic mass is 10.1. The molecule has 138 valence electrons. The average molecular weight is 394 g/mol. The van der Waals surface area contributed by atoms with E-state index < -0.39 is 0 Å². The molecule has 2 unspecified atom stereocenters. The molecule has 0 spiro atoms. The number of likely N-dealkylation sites (N-methyl/N-ethyl adjacent to an activating group) is 1. The molecular formula is C17H29Cl2N3OS. The van der Waals surface area contributed by atoms with E-state index in [-0.39, 0.29) is 36.8 Å². The van der Waals surface area contributed by atoms with E-state index in [1.54, 1.807) is 0 Å². The van der Waals surface area contributed by atoms with Crippen molar-refractivity contribution in [2.24, 2.45) is 0 Å². The van der Waals surface area contributed by atoms with Gasteiger partial charge in [0.1, 0.15) is 0 Å². The summed E-state index contributed by atoms with van der Waals surface area (Å²) < 4.78 is 0. The highest BCUT2D eigenvalue weighted by Gasteiger charge is 2.19. The Morgan fingerprint density at radius 2 is 2.04 bits per heavy atom. The van der Waals surface area contributed by atoms with Gasteiger partial charge in [-0.05, 0) is 26.1 Å². The van der Waals surface area contributed by atoms with Gasteiger partial charge in [0.05, 0.1) is 0 Å². The highest BCUT2D eigenvalue weighted by molar-refractivity contribution is 7.99. The number of carbonyl (C=O) groups excluding carboxylic acids is 1. The average Bonchev–Trinajstić information content (AvgIpc) is 2.48. The minimum absolute atomic E-state index is 0. The number of rotatable bonds is 7. The maximum absolute atomic E-state index is 12.3. The van der Waals surface area contributed by atoms with Crippen molar-refractivity contribution in [1.29, 1.82) is 0 Å². The van der Waals surface area contributed by atoms with Crippen molar-refractivity contribution in [3.05, 3.63) is 35.9 Å². The standard InChI is InChI=1S/C17H27N3OS.2ClH/c1-20(2)12-15(10-14-6-4-3-5-7-14)19-17(21)11-16-13-22-9-8-18-16;;/h3-7,15-16,18H,8-13H2,1-2H3,(H,19,21);2*1H. The molecular weight excluding hydrogens is 365 g/mol. The topological polar surface area (TPSA) is 44.4 Å². The Morgan fingerprint density at radius 3 is 2.62 bits per heavy atom. The Hall–Kier alpha value is -0.460. The van der Waals surface area contributed by atoms with Gasteiger partial charge < -0.3 is 15.5 Å². The Labute approximate surface area is 162 Å². The zero-order valence-electron chi connectivity index (χ0n) is 14.4. The van der Waals surface area contributed by atoms with Crippen LogP contribution in [0.2, 0.25) is 0 Å². The summed E-state index contributed by atoms with van der Waals surface area (Å²) in [6.45, 7) is 1.86. The Balaban J connectivity index is 0.00000264. The van der Waals surface area contributed by atoms with Gasteiger partial charge in [-0.25, -0.2) is 0 Å². The molecule has 1 fully saturated rings. The van der Waals surface area contributed by atoms with Crippen LogP contribution in [0.1, 0.15) is 12.0 Å². The zero-order chi connectivity index (χ0) is 15.8. The maximum atomic E-state index is 12.3. The van der Waals surface area contributed by atoms with Crippen LogP contribution in [0.5, 0.6) is 0 Å². The number of benzene rings is 1. The molecule has 0 aliphatic carbocycles. The van der Waals surface area contributed by atoms with Crippen molar-refractivity contribution in [2.75, 3.05) is 38.7 Å². The summed E-state index contributed by atoms with van der Waals surface area (Å²) in [5.41, 5.74) is 1.26. The third-order valence-electron chi connectivity index (χ3n) is 3.71. The maximum Gasteiger partial charge on any atom is 0.221 e. The number of thioether (sulfide) groups is 1. The predicted molar refractivity (Wildman–Crippen MR) is 109 cm³/mol. The van der Waals surface area contributed by atoms with Crippen molar-refractivity contribution in [3.8, 4) is 0 Å². The molecule has 24 heavy (non-hydrogen) atoms. The molecule has 2 N–H and O–H groups in total. The fraction of sp³-hybridized carbons (Fsp3) is 0.588. The summed E-state index contributed by atoms with van der Waals surface area (Å²) in [7, 11) is 4.09. The van der Waals surface area contributed by atoms with Gasteiger partial charge >= 0.3 is 0 Å². The van der Waals surface area contributed by atoms with Gasteiger partial charge in [0.2, 0.25) is 5.91 Å². The molecule has 1 aromatic rings.